The van der Waals surface area contributed by atoms with Gasteiger partial charge in [0.25, 0.3) is 0 Å². The van der Waals surface area contributed by atoms with Crippen molar-refractivity contribution in [3.05, 3.63) is 23.8 Å². The van der Waals surface area contributed by atoms with Crippen molar-refractivity contribution < 1.29 is 4.74 Å². The van der Waals surface area contributed by atoms with Crippen molar-refractivity contribution in [2.75, 3.05) is 6.61 Å². The molecular formula is C11H12KN2O. The Morgan fingerprint density at radius 2 is 2.27 bits per heavy atom. The Morgan fingerprint density at radius 1 is 1.53 bits per heavy atom. The van der Waals surface area contributed by atoms with Crippen LogP contribution < -0.4 is 0 Å². The van der Waals surface area contributed by atoms with Gasteiger partial charge in [-0.3, -0.25) is 0 Å². The van der Waals surface area contributed by atoms with E-state index in [9.17, 15) is 0 Å². The van der Waals surface area contributed by atoms with E-state index >= 15 is 0 Å². The smallest absolute Gasteiger partial charge is 0.176 e. The molecule has 0 saturated heterocycles. The Hall–Kier alpha value is 0.0564. The van der Waals surface area contributed by atoms with E-state index in [1.807, 2.05) is 13.0 Å². The van der Waals surface area contributed by atoms with Gasteiger partial charge < -0.3 is 4.74 Å². The number of nitriles is 2. The van der Waals surface area contributed by atoms with Gasteiger partial charge in [0.15, 0.2) is 5.60 Å². The first-order valence-electron chi connectivity index (χ1n) is 4.61. The number of ether oxygens (including phenoxy) is 1. The van der Waals surface area contributed by atoms with Crippen molar-refractivity contribution in [3.63, 3.8) is 0 Å². The summed E-state index contributed by atoms with van der Waals surface area (Å²) in [5, 5.41) is 17.6. The molecule has 0 N–H and O–H groups in total. The molecule has 0 aromatic rings. The minimum absolute atomic E-state index is 0. The second-order valence-corrected chi connectivity index (χ2v) is 3.16. The molecule has 1 rings (SSSR count). The molecule has 0 bridgehead atoms. The van der Waals surface area contributed by atoms with Crippen LogP contribution in [0.4, 0.5) is 0 Å². The van der Waals surface area contributed by atoms with E-state index in [4.69, 9.17) is 15.3 Å². The van der Waals surface area contributed by atoms with Crippen molar-refractivity contribution in [1.29, 1.82) is 10.5 Å². The maximum atomic E-state index is 8.99. The van der Waals surface area contributed by atoms with Gasteiger partial charge in [-0.25, -0.2) is 0 Å². The molecular weight excluding hydrogens is 215 g/mol. The SMILES string of the molecule is CCCOC1(C#N)C=CC(C#N)=CC1.[K]. The van der Waals surface area contributed by atoms with Gasteiger partial charge in [-0.1, -0.05) is 13.0 Å². The van der Waals surface area contributed by atoms with Crippen LogP contribution in [0.2, 0.25) is 0 Å². The monoisotopic (exact) mass is 227 g/mol. The summed E-state index contributed by atoms with van der Waals surface area (Å²) >= 11 is 0. The summed E-state index contributed by atoms with van der Waals surface area (Å²) in [5.41, 5.74) is -0.257. The van der Waals surface area contributed by atoms with Crippen molar-refractivity contribution in [1.82, 2.24) is 0 Å². The van der Waals surface area contributed by atoms with Gasteiger partial charge in [-0.05, 0) is 18.6 Å². The third-order valence-corrected chi connectivity index (χ3v) is 2.04. The fraction of sp³-hybridized carbons (Fsp3) is 0.455. The van der Waals surface area contributed by atoms with Gasteiger partial charge in [-0.15, -0.1) is 0 Å². The molecule has 0 spiro atoms. The molecule has 1 atom stereocenters. The van der Waals surface area contributed by atoms with Gasteiger partial charge in [-0.2, -0.15) is 10.5 Å². The van der Waals surface area contributed by atoms with Gasteiger partial charge in [0.1, 0.15) is 6.07 Å². The predicted octanol–water partition coefficient (Wildman–Crippen LogP) is 1.70. The van der Waals surface area contributed by atoms with E-state index in [1.54, 1.807) is 18.2 Å². The van der Waals surface area contributed by atoms with Gasteiger partial charge in [0, 0.05) is 70.0 Å². The molecule has 1 aliphatic rings. The summed E-state index contributed by atoms with van der Waals surface area (Å²) in [6.45, 7) is 2.56. The standard InChI is InChI=1S/C11H12N2O.K/c1-2-7-14-11(9-13)5-3-10(8-12)4-6-11;/h3-5H,2,6-7H2,1H3;. The number of rotatable bonds is 3. The molecule has 0 aromatic carbocycles. The summed E-state index contributed by atoms with van der Waals surface area (Å²) in [6, 6.07) is 4.17. The molecule has 1 radical (unpaired) electrons. The van der Waals surface area contributed by atoms with Crippen LogP contribution in [0, 0.1) is 22.7 Å². The number of nitrogens with zero attached hydrogens (tertiary/aromatic N) is 2. The zero-order valence-electron chi connectivity index (χ0n) is 9.16. The molecule has 0 aliphatic heterocycles. The predicted molar refractivity (Wildman–Crippen MR) is 57.8 cm³/mol. The number of hydrogen-bond donors (Lipinski definition) is 0. The van der Waals surface area contributed by atoms with E-state index in [-0.39, 0.29) is 51.4 Å². The first-order valence-corrected chi connectivity index (χ1v) is 4.61. The van der Waals surface area contributed by atoms with E-state index in [2.05, 4.69) is 6.07 Å². The van der Waals surface area contributed by atoms with Crippen LogP contribution in [0.1, 0.15) is 19.8 Å². The molecule has 4 heteroatoms. The van der Waals surface area contributed by atoms with Crippen LogP contribution in [0.3, 0.4) is 0 Å². The van der Waals surface area contributed by atoms with Crippen LogP contribution in [0.15, 0.2) is 23.8 Å². The number of hydrogen-bond acceptors (Lipinski definition) is 3. The van der Waals surface area contributed by atoms with Crippen LogP contribution in [-0.2, 0) is 4.74 Å². The second-order valence-electron chi connectivity index (χ2n) is 3.16. The van der Waals surface area contributed by atoms with Gasteiger partial charge in [0.2, 0.25) is 0 Å². The fourth-order valence-corrected chi connectivity index (χ4v) is 1.21. The Labute approximate surface area is 133 Å². The topological polar surface area (TPSA) is 56.8 Å². The fourth-order valence-electron chi connectivity index (χ4n) is 1.21. The Morgan fingerprint density at radius 3 is 2.67 bits per heavy atom. The van der Waals surface area contributed by atoms with Crippen molar-refractivity contribution in [3.8, 4) is 12.1 Å². The van der Waals surface area contributed by atoms with Crippen LogP contribution >= 0.6 is 0 Å². The Kier molecular flexibility index (Phi) is 7.38. The number of allylic oxidation sites excluding steroid dienone is 2. The molecule has 3 nitrogen and oxygen atoms in total. The summed E-state index contributed by atoms with van der Waals surface area (Å²) in [6.07, 6.45) is 6.39. The summed E-state index contributed by atoms with van der Waals surface area (Å²) < 4.78 is 5.46. The van der Waals surface area contributed by atoms with Crippen LogP contribution in [-0.4, -0.2) is 63.6 Å². The van der Waals surface area contributed by atoms with Gasteiger partial charge in [0.05, 0.1) is 6.07 Å². The van der Waals surface area contributed by atoms with Crippen LogP contribution in [0.5, 0.6) is 0 Å². The molecule has 0 fully saturated rings. The van der Waals surface area contributed by atoms with E-state index in [0.717, 1.165) is 6.42 Å². The molecule has 0 saturated carbocycles. The van der Waals surface area contributed by atoms with Crippen LogP contribution in [0.25, 0.3) is 0 Å². The summed E-state index contributed by atoms with van der Waals surface area (Å²) in [5.74, 6) is 0. The van der Waals surface area contributed by atoms with Gasteiger partial charge >= 0.3 is 0 Å². The first-order chi connectivity index (χ1) is 6.76. The third kappa shape index (κ3) is 4.20. The third-order valence-electron chi connectivity index (χ3n) is 2.04. The minimum Gasteiger partial charge on any atom is -0.356 e. The van der Waals surface area contributed by atoms with Crippen molar-refractivity contribution >= 4 is 51.4 Å². The molecule has 0 heterocycles. The normalized spacial score (nSPS) is 23.3. The molecule has 1 unspecified atom stereocenters. The molecule has 0 amide bonds. The molecule has 0 aromatic heterocycles. The van der Waals surface area contributed by atoms with Crippen molar-refractivity contribution in [2.45, 2.75) is 25.4 Å². The average molecular weight is 227 g/mol. The minimum atomic E-state index is -0.851. The quantitative estimate of drug-likeness (QED) is 0.690. The maximum Gasteiger partial charge on any atom is 0.176 e. The maximum absolute atomic E-state index is 8.99. The zero-order valence-corrected chi connectivity index (χ0v) is 12.3. The van der Waals surface area contributed by atoms with Crippen molar-refractivity contribution in [2.24, 2.45) is 0 Å². The van der Waals surface area contributed by atoms with E-state index < -0.39 is 5.60 Å². The molecule has 73 valence electrons. The Balaban J connectivity index is 0.00000196. The largest absolute Gasteiger partial charge is 0.356 e. The second kappa shape index (κ2) is 7.35. The first kappa shape index (κ1) is 15.1. The van der Waals surface area contributed by atoms with E-state index in [0.29, 0.717) is 18.6 Å². The summed E-state index contributed by atoms with van der Waals surface area (Å²) in [7, 11) is 0. The Bertz CT molecular complexity index is 349. The summed E-state index contributed by atoms with van der Waals surface area (Å²) in [4.78, 5) is 0. The zero-order chi connectivity index (χ0) is 10.4. The molecule has 15 heavy (non-hydrogen) atoms. The van der Waals surface area contributed by atoms with E-state index in [1.165, 1.54) is 0 Å². The molecule has 1 aliphatic carbocycles. The average Bonchev–Trinajstić information content (AvgIpc) is 2.27.